The van der Waals surface area contributed by atoms with Gasteiger partial charge < -0.3 is 10.1 Å². The maximum Gasteiger partial charge on any atom is 0.257 e. The van der Waals surface area contributed by atoms with Crippen LogP contribution in [0.15, 0.2) is 36.5 Å². The van der Waals surface area contributed by atoms with E-state index in [-0.39, 0.29) is 17.0 Å². The number of nitrogens with one attached hydrogen (secondary N) is 1. The monoisotopic (exact) mass is 306 g/mol. The normalized spacial score (nSPS) is 11.8. The molecule has 6 heteroatoms. The lowest BCUT2D eigenvalue weighted by Gasteiger charge is -2.16. The van der Waals surface area contributed by atoms with Crippen LogP contribution in [-0.2, 0) is 0 Å². The van der Waals surface area contributed by atoms with Gasteiger partial charge >= 0.3 is 0 Å². The molecule has 0 aliphatic carbocycles. The third-order valence-electron chi connectivity index (χ3n) is 3.07. The van der Waals surface area contributed by atoms with Crippen molar-refractivity contribution in [2.45, 2.75) is 19.9 Å². The van der Waals surface area contributed by atoms with Crippen LogP contribution >= 0.6 is 0 Å². The maximum atomic E-state index is 13.7. The van der Waals surface area contributed by atoms with Gasteiger partial charge in [0.1, 0.15) is 17.2 Å². The standard InChI is InChI=1S/C16H16F2N2O2/c1-3-22-16-13(5-4-8-19-16)15(21)20-10(2)12-7-6-11(17)9-14(12)18/h4-10H,3H2,1-2H3,(H,20,21). The van der Waals surface area contributed by atoms with E-state index in [9.17, 15) is 13.6 Å². The Morgan fingerprint density at radius 1 is 1.36 bits per heavy atom. The first kappa shape index (κ1) is 15.9. The minimum absolute atomic E-state index is 0.205. The van der Waals surface area contributed by atoms with Gasteiger partial charge in [0.25, 0.3) is 5.91 Å². The fourth-order valence-electron chi connectivity index (χ4n) is 2.02. The topological polar surface area (TPSA) is 51.2 Å². The second kappa shape index (κ2) is 6.98. The molecule has 0 fully saturated rings. The van der Waals surface area contributed by atoms with E-state index in [4.69, 9.17) is 4.74 Å². The van der Waals surface area contributed by atoms with Crippen molar-refractivity contribution in [2.75, 3.05) is 6.61 Å². The Balaban J connectivity index is 2.18. The summed E-state index contributed by atoms with van der Waals surface area (Å²) in [6.07, 6.45) is 1.52. The molecule has 0 spiro atoms. The van der Waals surface area contributed by atoms with E-state index in [0.29, 0.717) is 6.61 Å². The fraction of sp³-hybridized carbons (Fsp3) is 0.250. The minimum atomic E-state index is -0.705. The largest absolute Gasteiger partial charge is 0.477 e. The molecule has 1 N–H and O–H groups in total. The van der Waals surface area contributed by atoms with Crippen LogP contribution in [0.2, 0.25) is 0 Å². The van der Waals surface area contributed by atoms with Crippen LogP contribution in [0.5, 0.6) is 5.88 Å². The van der Waals surface area contributed by atoms with Crippen LogP contribution in [0.25, 0.3) is 0 Å². The summed E-state index contributed by atoms with van der Waals surface area (Å²) in [5.74, 6) is -1.59. The number of carbonyl (C=O) groups is 1. The Labute approximate surface area is 127 Å². The van der Waals surface area contributed by atoms with Gasteiger partial charge in [0.2, 0.25) is 5.88 Å². The summed E-state index contributed by atoms with van der Waals surface area (Å²) in [5, 5.41) is 2.65. The molecular weight excluding hydrogens is 290 g/mol. The SMILES string of the molecule is CCOc1ncccc1C(=O)NC(C)c1ccc(F)cc1F. The van der Waals surface area contributed by atoms with Crippen molar-refractivity contribution in [3.8, 4) is 5.88 Å². The van der Waals surface area contributed by atoms with E-state index in [2.05, 4.69) is 10.3 Å². The van der Waals surface area contributed by atoms with E-state index in [1.165, 1.54) is 12.3 Å². The van der Waals surface area contributed by atoms with Crippen LogP contribution in [0, 0.1) is 11.6 Å². The minimum Gasteiger partial charge on any atom is -0.477 e. The molecule has 0 saturated carbocycles. The lowest BCUT2D eigenvalue weighted by Crippen LogP contribution is -2.28. The number of benzene rings is 1. The third-order valence-corrected chi connectivity index (χ3v) is 3.07. The number of amides is 1. The molecule has 22 heavy (non-hydrogen) atoms. The predicted octanol–water partition coefficient (Wildman–Crippen LogP) is 3.25. The van der Waals surface area contributed by atoms with Crippen molar-refractivity contribution in [1.82, 2.24) is 10.3 Å². The Kier molecular flexibility index (Phi) is 5.04. The number of ether oxygens (including phenoxy) is 1. The van der Waals surface area contributed by atoms with Gasteiger partial charge in [-0.2, -0.15) is 0 Å². The summed E-state index contributed by atoms with van der Waals surface area (Å²) in [6, 6.07) is 5.80. The molecule has 1 amide bonds. The summed E-state index contributed by atoms with van der Waals surface area (Å²) in [4.78, 5) is 16.3. The second-order valence-corrected chi connectivity index (χ2v) is 4.65. The van der Waals surface area contributed by atoms with E-state index in [0.717, 1.165) is 12.1 Å². The van der Waals surface area contributed by atoms with Gasteiger partial charge in [0, 0.05) is 17.8 Å². The van der Waals surface area contributed by atoms with Gasteiger partial charge in [0.05, 0.1) is 12.6 Å². The molecule has 0 aliphatic heterocycles. The van der Waals surface area contributed by atoms with Gasteiger partial charge in [-0.25, -0.2) is 13.8 Å². The summed E-state index contributed by atoms with van der Waals surface area (Å²) in [5.41, 5.74) is 0.468. The number of aromatic nitrogens is 1. The molecule has 1 aromatic heterocycles. The molecule has 1 atom stereocenters. The van der Waals surface area contributed by atoms with Crippen LogP contribution in [0.3, 0.4) is 0 Å². The number of halogens is 2. The average Bonchev–Trinajstić information content (AvgIpc) is 2.47. The van der Waals surface area contributed by atoms with E-state index >= 15 is 0 Å². The van der Waals surface area contributed by atoms with Crippen LogP contribution in [0.4, 0.5) is 8.78 Å². The number of rotatable bonds is 5. The number of pyridine rings is 1. The second-order valence-electron chi connectivity index (χ2n) is 4.65. The molecule has 0 aliphatic rings. The zero-order chi connectivity index (χ0) is 16.1. The third kappa shape index (κ3) is 3.58. The molecule has 1 aromatic carbocycles. The highest BCUT2D eigenvalue weighted by Gasteiger charge is 2.18. The van der Waals surface area contributed by atoms with Crippen molar-refractivity contribution >= 4 is 5.91 Å². The number of hydrogen-bond donors (Lipinski definition) is 1. The van der Waals surface area contributed by atoms with E-state index in [1.807, 2.05) is 0 Å². The Bertz CT molecular complexity index is 677. The summed E-state index contributed by atoms with van der Waals surface area (Å²) in [7, 11) is 0. The highest BCUT2D eigenvalue weighted by atomic mass is 19.1. The zero-order valence-corrected chi connectivity index (χ0v) is 12.3. The Hall–Kier alpha value is -2.50. The van der Waals surface area contributed by atoms with Gasteiger partial charge in [0.15, 0.2) is 0 Å². The lowest BCUT2D eigenvalue weighted by molar-refractivity contribution is 0.0934. The zero-order valence-electron chi connectivity index (χ0n) is 12.3. The van der Waals surface area contributed by atoms with E-state index < -0.39 is 23.6 Å². The lowest BCUT2D eigenvalue weighted by atomic mass is 10.1. The Morgan fingerprint density at radius 2 is 2.14 bits per heavy atom. The molecule has 2 rings (SSSR count). The molecule has 0 saturated heterocycles. The van der Waals surface area contributed by atoms with Crippen LogP contribution < -0.4 is 10.1 Å². The molecule has 4 nitrogen and oxygen atoms in total. The highest BCUT2D eigenvalue weighted by molar-refractivity contribution is 5.96. The van der Waals surface area contributed by atoms with Crippen molar-refractivity contribution in [1.29, 1.82) is 0 Å². The first-order valence-corrected chi connectivity index (χ1v) is 6.86. The fourth-order valence-corrected chi connectivity index (χ4v) is 2.02. The predicted molar refractivity (Wildman–Crippen MR) is 77.6 cm³/mol. The number of nitrogens with zero attached hydrogens (tertiary/aromatic N) is 1. The molecule has 0 bridgehead atoms. The molecule has 0 radical (unpaired) electrons. The van der Waals surface area contributed by atoms with Crippen molar-refractivity contribution in [3.63, 3.8) is 0 Å². The molecule has 1 unspecified atom stereocenters. The first-order chi connectivity index (χ1) is 10.5. The molecule has 2 aromatic rings. The summed E-state index contributed by atoms with van der Waals surface area (Å²) >= 11 is 0. The quantitative estimate of drug-likeness (QED) is 0.922. The van der Waals surface area contributed by atoms with Crippen molar-refractivity contribution in [2.24, 2.45) is 0 Å². The Morgan fingerprint density at radius 3 is 2.82 bits per heavy atom. The number of carbonyl (C=O) groups excluding carboxylic acids is 1. The molecule has 1 heterocycles. The van der Waals surface area contributed by atoms with Crippen LogP contribution in [0.1, 0.15) is 35.8 Å². The van der Waals surface area contributed by atoms with Gasteiger partial charge in [-0.3, -0.25) is 4.79 Å². The molecular formula is C16H16F2N2O2. The highest BCUT2D eigenvalue weighted by Crippen LogP contribution is 2.20. The van der Waals surface area contributed by atoms with Crippen molar-refractivity contribution in [3.05, 3.63) is 59.3 Å². The number of hydrogen-bond acceptors (Lipinski definition) is 3. The van der Waals surface area contributed by atoms with Crippen LogP contribution in [-0.4, -0.2) is 17.5 Å². The maximum absolute atomic E-state index is 13.7. The van der Waals surface area contributed by atoms with Gasteiger partial charge in [-0.05, 0) is 32.0 Å². The van der Waals surface area contributed by atoms with Crippen molar-refractivity contribution < 1.29 is 18.3 Å². The average molecular weight is 306 g/mol. The van der Waals surface area contributed by atoms with Gasteiger partial charge in [-0.1, -0.05) is 6.07 Å². The summed E-state index contributed by atoms with van der Waals surface area (Å²) < 4.78 is 31.9. The van der Waals surface area contributed by atoms with E-state index in [1.54, 1.807) is 26.0 Å². The summed E-state index contributed by atoms with van der Waals surface area (Å²) in [6.45, 7) is 3.78. The molecule has 116 valence electrons. The smallest absolute Gasteiger partial charge is 0.257 e. The van der Waals surface area contributed by atoms with Gasteiger partial charge in [-0.15, -0.1) is 0 Å². The first-order valence-electron chi connectivity index (χ1n) is 6.86.